The van der Waals surface area contributed by atoms with Gasteiger partial charge in [-0.2, -0.15) is 5.10 Å². The van der Waals surface area contributed by atoms with E-state index in [9.17, 15) is 4.79 Å². The van der Waals surface area contributed by atoms with E-state index in [1.165, 1.54) is 25.7 Å². The van der Waals surface area contributed by atoms with Gasteiger partial charge < -0.3 is 9.47 Å². The maximum absolute atomic E-state index is 11.9. The van der Waals surface area contributed by atoms with Crippen molar-refractivity contribution in [2.75, 3.05) is 13.2 Å². The van der Waals surface area contributed by atoms with Gasteiger partial charge in [0.25, 0.3) is 5.91 Å². The quantitative estimate of drug-likeness (QED) is 0.734. The third-order valence-electron chi connectivity index (χ3n) is 4.23. The van der Waals surface area contributed by atoms with Gasteiger partial charge in [-0.15, -0.1) is 0 Å². The topological polar surface area (TPSA) is 59.9 Å². The van der Waals surface area contributed by atoms with Gasteiger partial charge in [0.2, 0.25) is 0 Å². The maximum atomic E-state index is 11.9. The third-order valence-corrected chi connectivity index (χ3v) is 4.23. The molecule has 1 aliphatic carbocycles. The van der Waals surface area contributed by atoms with Crippen LogP contribution in [0.2, 0.25) is 0 Å². The average Bonchev–Trinajstić information content (AvgIpc) is 2.61. The number of hydrogen-bond acceptors (Lipinski definition) is 4. The Kier molecular flexibility index (Phi) is 7.59. The van der Waals surface area contributed by atoms with E-state index in [4.69, 9.17) is 9.47 Å². The molecule has 1 aliphatic rings. The van der Waals surface area contributed by atoms with Crippen molar-refractivity contribution in [3.05, 3.63) is 24.3 Å². The van der Waals surface area contributed by atoms with Gasteiger partial charge in [-0.3, -0.25) is 4.79 Å². The summed E-state index contributed by atoms with van der Waals surface area (Å²) in [5, 5.41) is 4.25. The Morgan fingerprint density at radius 3 is 2.46 bits per heavy atom. The van der Waals surface area contributed by atoms with Crippen LogP contribution in [0.1, 0.15) is 52.4 Å². The van der Waals surface area contributed by atoms with Crippen LogP contribution in [0.4, 0.5) is 0 Å². The third kappa shape index (κ3) is 5.87. The number of hydrazone groups is 1. The van der Waals surface area contributed by atoms with Gasteiger partial charge in [0, 0.05) is 5.71 Å². The van der Waals surface area contributed by atoms with Gasteiger partial charge in [-0.05, 0) is 50.7 Å². The van der Waals surface area contributed by atoms with Crippen LogP contribution in [0.25, 0.3) is 0 Å². The number of nitrogens with zero attached hydrogens (tertiary/aromatic N) is 1. The highest BCUT2D eigenvalue weighted by atomic mass is 16.5. The molecule has 1 aromatic rings. The Morgan fingerprint density at radius 2 is 1.83 bits per heavy atom. The average molecular weight is 332 g/mol. The monoisotopic (exact) mass is 332 g/mol. The highest BCUT2D eigenvalue weighted by molar-refractivity contribution is 5.87. The smallest absolute Gasteiger partial charge is 0.277 e. The molecule has 1 aromatic carbocycles. The fourth-order valence-electron chi connectivity index (χ4n) is 2.98. The number of amides is 1. The largest absolute Gasteiger partial charge is 0.490 e. The van der Waals surface area contributed by atoms with Crippen molar-refractivity contribution in [1.82, 2.24) is 5.43 Å². The molecular weight excluding hydrogens is 304 g/mol. The minimum absolute atomic E-state index is 0.0701. The molecule has 1 fully saturated rings. The van der Waals surface area contributed by atoms with Crippen LogP contribution in [0, 0.1) is 5.92 Å². The summed E-state index contributed by atoms with van der Waals surface area (Å²) < 4.78 is 11.0. The van der Waals surface area contributed by atoms with Gasteiger partial charge in [-0.25, -0.2) is 5.43 Å². The number of carbonyl (C=O) groups excluding carboxylic acids is 1. The zero-order valence-corrected chi connectivity index (χ0v) is 14.7. The van der Waals surface area contributed by atoms with Crippen molar-refractivity contribution in [3.8, 4) is 11.5 Å². The van der Waals surface area contributed by atoms with E-state index in [1.807, 2.05) is 25.1 Å². The second-order valence-electron chi connectivity index (χ2n) is 6.11. The van der Waals surface area contributed by atoms with E-state index in [0.29, 0.717) is 18.1 Å². The fourth-order valence-corrected chi connectivity index (χ4v) is 2.98. The number of nitrogens with one attached hydrogen (secondary N) is 1. The molecule has 5 heteroatoms. The number of ether oxygens (including phenoxy) is 2. The van der Waals surface area contributed by atoms with Crippen LogP contribution in [0.3, 0.4) is 0 Å². The predicted octanol–water partition coefficient (Wildman–Crippen LogP) is 3.93. The molecule has 0 saturated heterocycles. The van der Waals surface area contributed by atoms with Crippen molar-refractivity contribution in [3.63, 3.8) is 0 Å². The maximum Gasteiger partial charge on any atom is 0.277 e. The molecule has 0 unspecified atom stereocenters. The molecule has 2 rings (SSSR count). The first-order valence-electron chi connectivity index (χ1n) is 8.91. The molecule has 24 heavy (non-hydrogen) atoms. The van der Waals surface area contributed by atoms with Crippen LogP contribution < -0.4 is 14.9 Å². The van der Waals surface area contributed by atoms with Crippen molar-refractivity contribution < 1.29 is 14.3 Å². The zero-order valence-electron chi connectivity index (χ0n) is 14.7. The Morgan fingerprint density at radius 1 is 1.17 bits per heavy atom. The predicted molar refractivity (Wildman–Crippen MR) is 95.5 cm³/mol. The van der Waals surface area contributed by atoms with E-state index < -0.39 is 0 Å². The molecule has 0 spiro atoms. The second-order valence-corrected chi connectivity index (χ2v) is 6.11. The fraction of sp³-hybridized carbons (Fsp3) is 0.579. The van der Waals surface area contributed by atoms with E-state index in [0.717, 1.165) is 24.5 Å². The van der Waals surface area contributed by atoms with E-state index in [-0.39, 0.29) is 12.5 Å². The Bertz CT molecular complexity index is 547. The van der Waals surface area contributed by atoms with Gasteiger partial charge in [0.1, 0.15) is 0 Å². The minimum atomic E-state index is -0.246. The van der Waals surface area contributed by atoms with Gasteiger partial charge in [0.15, 0.2) is 18.1 Å². The van der Waals surface area contributed by atoms with Gasteiger partial charge in [-0.1, -0.05) is 31.9 Å². The summed E-state index contributed by atoms with van der Waals surface area (Å²) in [7, 11) is 0. The highest BCUT2D eigenvalue weighted by Gasteiger charge is 2.17. The van der Waals surface area contributed by atoms with Gasteiger partial charge >= 0.3 is 0 Å². The Balaban J connectivity index is 1.75. The number of hydrogen-bond donors (Lipinski definition) is 1. The van der Waals surface area contributed by atoms with E-state index >= 15 is 0 Å². The van der Waals surface area contributed by atoms with Crippen LogP contribution >= 0.6 is 0 Å². The summed E-state index contributed by atoms with van der Waals surface area (Å²) in [5.74, 6) is 1.79. The first-order valence-corrected chi connectivity index (χ1v) is 8.91. The molecule has 132 valence electrons. The number of carbonyl (C=O) groups is 1. The van der Waals surface area contributed by atoms with Crippen LogP contribution in [-0.2, 0) is 4.79 Å². The molecular formula is C19H28N2O3. The standard InChI is InChI=1S/C19H28N2O3/c1-3-7-15-10-12-16(13-11-15)20-21-19(22)14-24-18-9-6-5-8-17(18)23-4-2/h5-6,8-9,15H,3-4,7,10-14H2,1-2H3,(H,21,22). The molecule has 5 nitrogen and oxygen atoms in total. The first-order chi connectivity index (χ1) is 11.7. The van der Waals surface area contributed by atoms with Crippen molar-refractivity contribution >= 4 is 11.6 Å². The van der Waals surface area contributed by atoms with Crippen LogP contribution in [0.15, 0.2) is 29.4 Å². The molecule has 0 heterocycles. The summed E-state index contributed by atoms with van der Waals surface area (Å²) in [4.78, 5) is 11.9. The SMILES string of the molecule is CCCC1CCC(=NNC(=O)COc2ccccc2OCC)CC1. The molecule has 0 radical (unpaired) electrons. The molecule has 1 saturated carbocycles. The van der Waals surface area contributed by atoms with Crippen LogP contribution in [-0.4, -0.2) is 24.8 Å². The summed E-state index contributed by atoms with van der Waals surface area (Å²) in [6, 6.07) is 7.34. The molecule has 0 aliphatic heterocycles. The van der Waals surface area contributed by atoms with Crippen molar-refractivity contribution in [2.24, 2.45) is 11.0 Å². The lowest BCUT2D eigenvalue weighted by Gasteiger charge is -2.22. The number of benzene rings is 1. The number of para-hydroxylation sites is 2. The number of rotatable bonds is 8. The lowest BCUT2D eigenvalue weighted by Crippen LogP contribution is -2.27. The van der Waals surface area contributed by atoms with E-state index in [1.54, 1.807) is 6.07 Å². The van der Waals surface area contributed by atoms with Gasteiger partial charge in [0.05, 0.1) is 6.61 Å². The summed E-state index contributed by atoms with van der Waals surface area (Å²) >= 11 is 0. The van der Waals surface area contributed by atoms with Crippen LogP contribution in [0.5, 0.6) is 11.5 Å². The lowest BCUT2D eigenvalue weighted by molar-refractivity contribution is -0.123. The second kappa shape index (κ2) is 9.96. The Labute approximate surface area is 144 Å². The minimum Gasteiger partial charge on any atom is -0.490 e. The first kappa shape index (κ1) is 18.3. The highest BCUT2D eigenvalue weighted by Crippen LogP contribution is 2.27. The zero-order chi connectivity index (χ0) is 17.2. The normalized spacial score (nSPS) is 17.2. The van der Waals surface area contributed by atoms with E-state index in [2.05, 4.69) is 17.5 Å². The molecule has 1 amide bonds. The Hall–Kier alpha value is -2.04. The molecule has 0 aromatic heterocycles. The summed E-state index contributed by atoms with van der Waals surface area (Å²) in [5.41, 5.74) is 3.69. The summed E-state index contributed by atoms with van der Waals surface area (Å²) in [6.45, 7) is 4.63. The molecule has 0 atom stereocenters. The lowest BCUT2D eigenvalue weighted by atomic mass is 9.85. The summed E-state index contributed by atoms with van der Waals surface area (Å²) in [6.07, 6.45) is 6.88. The van der Waals surface area contributed by atoms with Crippen molar-refractivity contribution in [1.29, 1.82) is 0 Å². The molecule has 1 N–H and O–H groups in total. The molecule has 0 bridgehead atoms. The van der Waals surface area contributed by atoms with Crippen molar-refractivity contribution in [2.45, 2.75) is 52.4 Å².